The van der Waals surface area contributed by atoms with E-state index in [4.69, 9.17) is 0 Å². The van der Waals surface area contributed by atoms with Gasteiger partial charge in [-0.25, -0.2) is 0 Å². The molecule has 1 aromatic heterocycles. The summed E-state index contributed by atoms with van der Waals surface area (Å²) < 4.78 is 0. The largest absolute Gasteiger partial charge is 0.374 e. The molecule has 0 aliphatic carbocycles. The van der Waals surface area contributed by atoms with Crippen LogP contribution < -0.4 is 9.80 Å². The van der Waals surface area contributed by atoms with Crippen molar-refractivity contribution in [1.82, 2.24) is 4.98 Å². The molecule has 2 rings (SSSR count). The molecule has 0 aliphatic rings. The zero-order valence-electron chi connectivity index (χ0n) is 15.1. The van der Waals surface area contributed by atoms with E-state index < -0.39 is 0 Å². The Morgan fingerprint density at radius 1 is 1.12 bits per heavy atom. The Hall–Kier alpha value is -2.36. The van der Waals surface area contributed by atoms with Gasteiger partial charge in [0.25, 0.3) is 5.91 Å². The van der Waals surface area contributed by atoms with Crippen molar-refractivity contribution >= 4 is 17.3 Å². The SMILES string of the molecule is CCCCN(C)c1ccnc(C(=O)N(CC)c2cccc(C)c2)c1. The Bertz CT molecular complexity index is 684. The van der Waals surface area contributed by atoms with Crippen LogP contribution in [0.15, 0.2) is 42.6 Å². The summed E-state index contributed by atoms with van der Waals surface area (Å²) in [5, 5.41) is 0. The number of hydrogen-bond acceptors (Lipinski definition) is 3. The Balaban J connectivity index is 2.24. The number of rotatable bonds is 7. The lowest BCUT2D eigenvalue weighted by atomic mass is 10.2. The first-order valence-electron chi connectivity index (χ1n) is 8.62. The quantitative estimate of drug-likeness (QED) is 0.762. The van der Waals surface area contributed by atoms with E-state index in [0.29, 0.717) is 12.2 Å². The molecule has 0 atom stereocenters. The maximum absolute atomic E-state index is 12.9. The van der Waals surface area contributed by atoms with Gasteiger partial charge in [0.1, 0.15) is 5.69 Å². The minimum Gasteiger partial charge on any atom is -0.374 e. The molecule has 0 unspecified atom stereocenters. The van der Waals surface area contributed by atoms with Crippen LogP contribution in [-0.2, 0) is 0 Å². The number of aryl methyl sites for hydroxylation is 1. The van der Waals surface area contributed by atoms with E-state index in [1.807, 2.05) is 50.2 Å². The van der Waals surface area contributed by atoms with Crippen LogP contribution in [0.3, 0.4) is 0 Å². The number of carbonyl (C=O) groups is 1. The number of benzene rings is 1. The molecule has 128 valence electrons. The standard InChI is InChI=1S/C20H27N3O/c1-5-7-13-22(4)17-11-12-21-19(15-17)20(24)23(6-2)18-10-8-9-16(3)14-18/h8-12,14-15H,5-7,13H2,1-4H3. The van der Waals surface area contributed by atoms with E-state index in [1.165, 1.54) is 0 Å². The molecular formula is C20H27N3O. The molecule has 0 bridgehead atoms. The third-order valence-corrected chi connectivity index (χ3v) is 4.13. The molecule has 0 fully saturated rings. The fraction of sp³-hybridized carbons (Fsp3) is 0.400. The van der Waals surface area contributed by atoms with Gasteiger partial charge in [-0.1, -0.05) is 25.5 Å². The predicted molar refractivity (Wildman–Crippen MR) is 101 cm³/mol. The fourth-order valence-electron chi connectivity index (χ4n) is 2.68. The number of pyridine rings is 1. The molecule has 1 aromatic carbocycles. The molecule has 0 spiro atoms. The van der Waals surface area contributed by atoms with Crippen LogP contribution in [-0.4, -0.2) is 31.0 Å². The zero-order valence-corrected chi connectivity index (χ0v) is 15.1. The number of carbonyl (C=O) groups excluding carboxylic acids is 1. The van der Waals surface area contributed by atoms with Gasteiger partial charge >= 0.3 is 0 Å². The van der Waals surface area contributed by atoms with E-state index in [2.05, 4.69) is 23.9 Å². The van der Waals surface area contributed by atoms with Crippen LogP contribution in [0.2, 0.25) is 0 Å². The lowest BCUT2D eigenvalue weighted by Crippen LogP contribution is -2.31. The lowest BCUT2D eigenvalue weighted by molar-refractivity contribution is 0.0983. The minimum absolute atomic E-state index is 0.0613. The normalized spacial score (nSPS) is 10.5. The van der Waals surface area contributed by atoms with Crippen LogP contribution >= 0.6 is 0 Å². The Morgan fingerprint density at radius 3 is 2.58 bits per heavy atom. The fourth-order valence-corrected chi connectivity index (χ4v) is 2.68. The average molecular weight is 325 g/mol. The topological polar surface area (TPSA) is 36.4 Å². The molecule has 4 nitrogen and oxygen atoms in total. The number of unbranched alkanes of at least 4 members (excludes halogenated alkanes) is 1. The zero-order chi connectivity index (χ0) is 17.5. The van der Waals surface area contributed by atoms with E-state index in [-0.39, 0.29) is 5.91 Å². The smallest absolute Gasteiger partial charge is 0.276 e. The molecule has 0 saturated heterocycles. The van der Waals surface area contributed by atoms with Crippen molar-refractivity contribution in [2.24, 2.45) is 0 Å². The lowest BCUT2D eigenvalue weighted by Gasteiger charge is -2.23. The first kappa shape index (κ1) is 18.0. The molecule has 2 aromatic rings. The molecule has 4 heteroatoms. The molecule has 0 saturated carbocycles. The van der Waals surface area contributed by atoms with Crippen LogP contribution in [0.1, 0.15) is 42.7 Å². The van der Waals surface area contributed by atoms with E-state index in [1.54, 1.807) is 11.1 Å². The Morgan fingerprint density at radius 2 is 1.92 bits per heavy atom. The number of aromatic nitrogens is 1. The van der Waals surface area contributed by atoms with E-state index in [0.717, 1.165) is 36.3 Å². The van der Waals surface area contributed by atoms with Gasteiger partial charge in [-0.15, -0.1) is 0 Å². The average Bonchev–Trinajstić information content (AvgIpc) is 2.60. The van der Waals surface area contributed by atoms with E-state index in [9.17, 15) is 4.79 Å². The summed E-state index contributed by atoms with van der Waals surface area (Å²) in [5.74, 6) is -0.0613. The predicted octanol–water partition coefficient (Wildman–Crippen LogP) is 4.29. The summed E-state index contributed by atoms with van der Waals surface area (Å²) in [5.41, 5.74) is 3.56. The second-order valence-corrected chi connectivity index (χ2v) is 6.06. The van der Waals surface area contributed by atoms with Crippen molar-refractivity contribution in [1.29, 1.82) is 0 Å². The first-order valence-corrected chi connectivity index (χ1v) is 8.62. The third kappa shape index (κ3) is 4.34. The summed E-state index contributed by atoms with van der Waals surface area (Å²) in [7, 11) is 2.05. The number of amides is 1. The highest BCUT2D eigenvalue weighted by molar-refractivity contribution is 6.05. The summed E-state index contributed by atoms with van der Waals surface area (Å²) in [4.78, 5) is 21.2. The Kier molecular flexibility index (Phi) is 6.36. The van der Waals surface area contributed by atoms with Crippen LogP contribution in [0.25, 0.3) is 0 Å². The van der Waals surface area contributed by atoms with Crippen LogP contribution in [0, 0.1) is 6.92 Å². The van der Waals surface area contributed by atoms with E-state index >= 15 is 0 Å². The molecule has 24 heavy (non-hydrogen) atoms. The van der Waals surface area contributed by atoms with Gasteiger partial charge in [0.2, 0.25) is 0 Å². The summed E-state index contributed by atoms with van der Waals surface area (Å²) >= 11 is 0. The molecule has 0 radical (unpaired) electrons. The maximum atomic E-state index is 12.9. The van der Waals surface area contributed by atoms with Gasteiger partial charge in [0.15, 0.2) is 0 Å². The molecule has 1 amide bonds. The van der Waals surface area contributed by atoms with Gasteiger partial charge in [-0.05, 0) is 50.1 Å². The van der Waals surface area contributed by atoms with Gasteiger partial charge < -0.3 is 9.80 Å². The maximum Gasteiger partial charge on any atom is 0.276 e. The molecule has 0 N–H and O–H groups in total. The second kappa shape index (κ2) is 8.48. The van der Waals surface area contributed by atoms with Crippen molar-refractivity contribution in [3.63, 3.8) is 0 Å². The molecule has 1 heterocycles. The van der Waals surface area contributed by atoms with Gasteiger partial charge in [0, 0.05) is 37.7 Å². The third-order valence-electron chi connectivity index (χ3n) is 4.13. The van der Waals surface area contributed by atoms with Gasteiger partial charge in [-0.3, -0.25) is 9.78 Å². The first-order chi connectivity index (χ1) is 11.6. The minimum atomic E-state index is -0.0613. The summed E-state index contributed by atoms with van der Waals surface area (Å²) in [6.07, 6.45) is 4.00. The van der Waals surface area contributed by atoms with Crippen LogP contribution in [0.4, 0.5) is 11.4 Å². The highest BCUT2D eigenvalue weighted by atomic mass is 16.2. The number of hydrogen-bond donors (Lipinski definition) is 0. The van der Waals surface area contributed by atoms with Crippen molar-refractivity contribution in [3.05, 3.63) is 53.9 Å². The monoisotopic (exact) mass is 325 g/mol. The van der Waals surface area contributed by atoms with Crippen molar-refractivity contribution in [2.45, 2.75) is 33.6 Å². The summed E-state index contributed by atoms with van der Waals surface area (Å²) in [6.45, 7) is 7.78. The van der Waals surface area contributed by atoms with Gasteiger partial charge in [0.05, 0.1) is 0 Å². The van der Waals surface area contributed by atoms with Crippen molar-refractivity contribution in [2.75, 3.05) is 29.9 Å². The number of anilines is 2. The van der Waals surface area contributed by atoms with Crippen molar-refractivity contribution < 1.29 is 4.79 Å². The number of nitrogens with zero attached hydrogens (tertiary/aromatic N) is 3. The van der Waals surface area contributed by atoms with Crippen LogP contribution in [0.5, 0.6) is 0 Å². The second-order valence-electron chi connectivity index (χ2n) is 6.06. The summed E-state index contributed by atoms with van der Waals surface area (Å²) in [6, 6.07) is 11.8. The molecule has 0 aliphatic heterocycles. The highest BCUT2D eigenvalue weighted by Crippen LogP contribution is 2.20. The Labute approximate surface area is 145 Å². The van der Waals surface area contributed by atoms with Crippen molar-refractivity contribution in [3.8, 4) is 0 Å². The highest BCUT2D eigenvalue weighted by Gasteiger charge is 2.18. The van der Waals surface area contributed by atoms with Gasteiger partial charge in [-0.2, -0.15) is 0 Å². The molecular weight excluding hydrogens is 298 g/mol.